The third-order valence-corrected chi connectivity index (χ3v) is 3.15. The normalized spacial score (nSPS) is 24.0. The molecule has 1 aliphatic rings. The van der Waals surface area contributed by atoms with Gasteiger partial charge in [-0.2, -0.15) is 0 Å². The molecule has 1 heterocycles. The van der Waals surface area contributed by atoms with E-state index in [4.69, 9.17) is 10.5 Å². The van der Waals surface area contributed by atoms with Crippen molar-refractivity contribution in [2.45, 2.75) is 57.7 Å². The number of anilines is 1. The first kappa shape index (κ1) is 13.1. The van der Waals surface area contributed by atoms with Crippen molar-refractivity contribution in [1.29, 1.82) is 0 Å². The van der Waals surface area contributed by atoms with Crippen molar-refractivity contribution >= 4 is 5.82 Å². The van der Waals surface area contributed by atoms with Crippen molar-refractivity contribution in [2.75, 3.05) is 5.32 Å². The Hall–Kier alpha value is -1.36. The Balaban J connectivity index is 1.99. The largest absolute Gasteiger partial charge is 0.475 e. The second-order valence-electron chi connectivity index (χ2n) is 5.11. The maximum atomic E-state index is 6.11. The number of rotatable bonds is 4. The standard InChI is InChI=1S/C13H22N4O/c1-9(2)18-13-7-12(15-8-16-13)17-11-6-4-3-5-10(11)14/h7-11H,3-6,14H2,1-2H3,(H,15,16,17)/t10-,11-/m1/s1. The van der Waals surface area contributed by atoms with Gasteiger partial charge in [0.25, 0.3) is 0 Å². The van der Waals surface area contributed by atoms with E-state index in [2.05, 4.69) is 15.3 Å². The van der Waals surface area contributed by atoms with E-state index in [9.17, 15) is 0 Å². The quantitative estimate of drug-likeness (QED) is 0.854. The van der Waals surface area contributed by atoms with E-state index in [1.807, 2.05) is 19.9 Å². The summed E-state index contributed by atoms with van der Waals surface area (Å²) in [4.78, 5) is 8.30. The second kappa shape index (κ2) is 6.00. The van der Waals surface area contributed by atoms with Gasteiger partial charge in [0.1, 0.15) is 12.1 Å². The average Bonchev–Trinajstić information content (AvgIpc) is 2.32. The Labute approximate surface area is 108 Å². The summed E-state index contributed by atoms with van der Waals surface area (Å²) in [5.41, 5.74) is 6.11. The summed E-state index contributed by atoms with van der Waals surface area (Å²) in [7, 11) is 0. The smallest absolute Gasteiger partial charge is 0.218 e. The molecule has 2 rings (SSSR count). The first-order chi connectivity index (χ1) is 8.65. The first-order valence-corrected chi connectivity index (χ1v) is 6.66. The Kier molecular flexibility index (Phi) is 4.36. The zero-order valence-corrected chi connectivity index (χ0v) is 11.1. The lowest BCUT2D eigenvalue weighted by Gasteiger charge is -2.29. The molecule has 0 unspecified atom stereocenters. The molecule has 0 bridgehead atoms. The van der Waals surface area contributed by atoms with Gasteiger partial charge in [-0.05, 0) is 26.7 Å². The zero-order chi connectivity index (χ0) is 13.0. The SMILES string of the molecule is CC(C)Oc1cc(N[C@@H]2CCCC[C@H]2N)ncn1. The molecule has 2 atom stereocenters. The van der Waals surface area contributed by atoms with Gasteiger partial charge in [-0.25, -0.2) is 9.97 Å². The Morgan fingerprint density at radius 1 is 1.33 bits per heavy atom. The van der Waals surface area contributed by atoms with Crippen molar-refractivity contribution < 1.29 is 4.74 Å². The van der Waals surface area contributed by atoms with Crippen LogP contribution in [0.2, 0.25) is 0 Å². The maximum Gasteiger partial charge on any atom is 0.218 e. The molecule has 0 radical (unpaired) electrons. The van der Waals surface area contributed by atoms with Crippen LogP contribution in [0.3, 0.4) is 0 Å². The molecule has 5 nitrogen and oxygen atoms in total. The molecular weight excluding hydrogens is 228 g/mol. The molecule has 1 saturated carbocycles. The van der Waals surface area contributed by atoms with Crippen molar-refractivity contribution in [3.63, 3.8) is 0 Å². The van der Waals surface area contributed by atoms with Gasteiger partial charge in [-0.3, -0.25) is 0 Å². The second-order valence-corrected chi connectivity index (χ2v) is 5.11. The predicted octanol–water partition coefficient (Wildman–Crippen LogP) is 1.95. The highest BCUT2D eigenvalue weighted by Crippen LogP contribution is 2.21. The number of nitrogens with one attached hydrogen (secondary N) is 1. The zero-order valence-electron chi connectivity index (χ0n) is 11.1. The van der Waals surface area contributed by atoms with E-state index < -0.39 is 0 Å². The van der Waals surface area contributed by atoms with Crippen LogP contribution in [-0.4, -0.2) is 28.2 Å². The molecule has 0 aliphatic heterocycles. The summed E-state index contributed by atoms with van der Waals surface area (Å²) in [6.07, 6.45) is 6.28. The van der Waals surface area contributed by atoms with Crippen LogP contribution >= 0.6 is 0 Å². The molecule has 100 valence electrons. The summed E-state index contributed by atoms with van der Waals surface area (Å²) < 4.78 is 5.55. The van der Waals surface area contributed by atoms with Gasteiger partial charge >= 0.3 is 0 Å². The summed E-state index contributed by atoms with van der Waals surface area (Å²) >= 11 is 0. The van der Waals surface area contributed by atoms with Gasteiger partial charge in [0.05, 0.1) is 6.10 Å². The van der Waals surface area contributed by atoms with Crippen LogP contribution in [0.5, 0.6) is 5.88 Å². The number of hydrogen-bond donors (Lipinski definition) is 2. The van der Waals surface area contributed by atoms with Crippen LogP contribution in [0.4, 0.5) is 5.82 Å². The average molecular weight is 250 g/mol. The number of hydrogen-bond acceptors (Lipinski definition) is 5. The Bertz CT molecular complexity index is 383. The molecule has 1 aromatic heterocycles. The van der Waals surface area contributed by atoms with Gasteiger partial charge in [0, 0.05) is 18.2 Å². The number of aromatic nitrogens is 2. The minimum Gasteiger partial charge on any atom is -0.475 e. The van der Waals surface area contributed by atoms with Crippen LogP contribution in [0, 0.1) is 0 Å². The fourth-order valence-corrected chi connectivity index (χ4v) is 2.25. The third-order valence-electron chi connectivity index (χ3n) is 3.15. The fourth-order valence-electron chi connectivity index (χ4n) is 2.25. The molecule has 1 aliphatic carbocycles. The van der Waals surface area contributed by atoms with E-state index in [0.717, 1.165) is 18.7 Å². The van der Waals surface area contributed by atoms with Crippen LogP contribution in [0.1, 0.15) is 39.5 Å². The minimum absolute atomic E-state index is 0.115. The van der Waals surface area contributed by atoms with E-state index in [1.165, 1.54) is 19.2 Å². The van der Waals surface area contributed by atoms with Gasteiger partial charge in [-0.15, -0.1) is 0 Å². The molecule has 5 heteroatoms. The van der Waals surface area contributed by atoms with Gasteiger partial charge in [0.2, 0.25) is 5.88 Å². The van der Waals surface area contributed by atoms with Crippen LogP contribution in [0.15, 0.2) is 12.4 Å². The first-order valence-electron chi connectivity index (χ1n) is 6.66. The summed E-state index contributed by atoms with van der Waals surface area (Å²) in [5, 5.41) is 3.39. The highest BCUT2D eigenvalue weighted by molar-refractivity contribution is 5.38. The summed E-state index contributed by atoms with van der Waals surface area (Å²) in [5.74, 6) is 1.40. The lowest BCUT2D eigenvalue weighted by Crippen LogP contribution is -2.42. The van der Waals surface area contributed by atoms with E-state index in [1.54, 1.807) is 0 Å². The fraction of sp³-hybridized carbons (Fsp3) is 0.692. The van der Waals surface area contributed by atoms with E-state index >= 15 is 0 Å². The number of nitrogens with two attached hydrogens (primary N) is 1. The lowest BCUT2D eigenvalue weighted by atomic mass is 9.91. The Morgan fingerprint density at radius 3 is 2.83 bits per heavy atom. The topological polar surface area (TPSA) is 73.1 Å². The molecule has 18 heavy (non-hydrogen) atoms. The number of ether oxygens (including phenoxy) is 1. The Morgan fingerprint density at radius 2 is 2.11 bits per heavy atom. The molecule has 0 aromatic carbocycles. The molecule has 3 N–H and O–H groups in total. The molecule has 0 spiro atoms. The van der Waals surface area contributed by atoms with Crippen LogP contribution < -0.4 is 15.8 Å². The molecule has 1 aromatic rings. The predicted molar refractivity (Wildman–Crippen MR) is 71.7 cm³/mol. The maximum absolute atomic E-state index is 6.11. The van der Waals surface area contributed by atoms with E-state index in [0.29, 0.717) is 11.9 Å². The highest BCUT2D eigenvalue weighted by Gasteiger charge is 2.21. The molecular formula is C13H22N4O. The monoisotopic (exact) mass is 250 g/mol. The summed E-state index contributed by atoms with van der Waals surface area (Å²) in [6.45, 7) is 3.96. The molecule has 0 saturated heterocycles. The van der Waals surface area contributed by atoms with Crippen LogP contribution in [-0.2, 0) is 0 Å². The van der Waals surface area contributed by atoms with Crippen molar-refractivity contribution in [2.24, 2.45) is 5.73 Å². The van der Waals surface area contributed by atoms with Crippen LogP contribution in [0.25, 0.3) is 0 Å². The van der Waals surface area contributed by atoms with Crippen molar-refractivity contribution in [3.8, 4) is 5.88 Å². The highest BCUT2D eigenvalue weighted by atomic mass is 16.5. The lowest BCUT2D eigenvalue weighted by molar-refractivity contribution is 0.232. The third kappa shape index (κ3) is 3.57. The van der Waals surface area contributed by atoms with Gasteiger partial charge in [0.15, 0.2) is 0 Å². The molecule has 0 amide bonds. The number of nitrogens with zero attached hydrogens (tertiary/aromatic N) is 2. The van der Waals surface area contributed by atoms with E-state index in [-0.39, 0.29) is 12.1 Å². The molecule has 1 fully saturated rings. The summed E-state index contributed by atoms with van der Waals surface area (Å²) in [6, 6.07) is 2.35. The van der Waals surface area contributed by atoms with Gasteiger partial charge in [-0.1, -0.05) is 12.8 Å². The minimum atomic E-state index is 0.115. The van der Waals surface area contributed by atoms with Gasteiger partial charge < -0.3 is 15.8 Å². The van der Waals surface area contributed by atoms with Crippen molar-refractivity contribution in [3.05, 3.63) is 12.4 Å². The van der Waals surface area contributed by atoms with Crippen molar-refractivity contribution in [1.82, 2.24) is 9.97 Å².